The van der Waals surface area contributed by atoms with Gasteiger partial charge in [0.25, 0.3) is 5.69 Å². The fourth-order valence-corrected chi connectivity index (χ4v) is 2.03. The minimum Gasteiger partial charge on any atom is -0.463 e. The van der Waals surface area contributed by atoms with Crippen LogP contribution in [0.15, 0.2) is 58.5 Å². The highest BCUT2D eigenvalue weighted by atomic mass is 16.6. The largest absolute Gasteiger partial charge is 0.463 e. The number of aromatic nitrogens is 2. The predicted octanol–water partition coefficient (Wildman–Crippen LogP) is 2.68. The summed E-state index contributed by atoms with van der Waals surface area (Å²) in [6.07, 6.45) is 4.55. The summed E-state index contributed by atoms with van der Waals surface area (Å²) in [4.78, 5) is 27.4. The molecule has 25 heavy (non-hydrogen) atoms. The van der Waals surface area contributed by atoms with Gasteiger partial charge >= 0.3 is 5.69 Å². The summed E-state index contributed by atoms with van der Waals surface area (Å²) in [6, 6.07) is 6.51. The number of rotatable bonds is 6. The van der Waals surface area contributed by atoms with E-state index >= 15 is 0 Å². The first-order valence-electron chi connectivity index (χ1n) is 6.86. The number of imidazole rings is 1. The Morgan fingerprint density at radius 1 is 1.24 bits per heavy atom. The number of aromatic amines is 1. The van der Waals surface area contributed by atoms with Gasteiger partial charge in [-0.25, -0.2) is 4.98 Å². The second-order valence-corrected chi connectivity index (χ2v) is 4.70. The zero-order chi connectivity index (χ0) is 17.8. The number of hydrazone groups is 1. The van der Waals surface area contributed by atoms with Gasteiger partial charge in [-0.2, -0.15) is 5.10 Å². The molecule has 0 aliphatic heterocycles. The van der Waals surface area contributed by atoms with Crippen LogP contribution in [-0.2, 0) is 0 Å². The molecule has 0 amide bonds. The highest BCUT2D eigenvalue weighted by Gasteiger charge is 2.20. The molecule has 0 fully saturated rings. The maximum absolute atomic E-state index is 11.2. The topological polar surface area (TPSA) is 152 Å². The van der Waals surface area contributed by atoms with Gasteiger partial charge in [0.1, 0.15) is 5.69 Å². The molecule has 3 aromatic rings. The highest BCUT2D eigenvalue weighted by Crippen LogP contribution is 2.29. The number of nitro groups is 2. The van der Waals surface area contributed by atoms with Crippen molar-refractivity contribution >= 4 is 22.8 Å². The van der Waals surface area contributed by atoms with Crippen LogP contribution in [0.25, 0.3) is 0 Å². The lowest BCUT2D eigenvalue weighted by molar-refractivity contribution is -0.393. The lowest BCUT2D eigenvalue weighted by Crippen LogP contribution is -2.08. The van der Waals surface area contributed by atoms with E-state index in [2.05, 4.69) is 20.5 Å². The zero-order valence-electron chi connectivity index (χ0n) is 12.4. The van der Waals surface area contributed by atoms with E-state index < -0.39 is 21.2 Å². The number of benzene rings is 1. The van der Waals surface area contributed by atoms with E-state index in [1.807, 2.05) is 0 Å². The first kappa shape index (κ1) is 15.9. The van der Waals surface area contributed by atoms with E-state index in [0.717, 1.165) is 12.1 Å². The van der Waals surface area contributed by atoms with Gasteiger partial charge in [-0.3, -0.25) is 25.7 Å². The predicted molar refractivity (Wildman–Crippen MR) is 86.3 cm³/mol. The molecule has 11 nitrogen and oxygen atoms in total. The van der Waals surface area contributed by atoms with E-state index in [4.69, 9.17) is 4.42 Å². The Balaban J connectivity index is 1.99. The molecule has 0 radical (unpaired) electrons. The van der Waals surface area contributed by atoms with E-state index in [0.29, 0.717) is 11.6 Å². The van der Waals surface area contributed by atoms with Crippen molar-refractivity contribution in [2.45, 2.75) is 0 Å². The Morgan fingerprint density at radius 3 is 2.68 bits per heavy atom. The molecule has 0 aliphatic carbocycles. The molecule has 3 rings (SSSR count). The van der Waals surface area contributed by atoms with Crippen molar-refractivity contribution in [3.05, 3.63) is 80.8 Å². The molecule has 0 unspecified atom stereocenters. The number of nitro benzene ring substituents is 2. The quantitative estimate of drug-likeness (QED) is 0.396. The highest BCUT2D eigenvalue weighted by molar-refractivity contribution is 6.09. The van der Waals surface area contributed by atoms with Crippen molar-refractivity contribution in [3.8, 4) is 0 Å². The fraction of sp³-hybridized carbons (Fsp3) is 0. The summed E-state index contributed by atoms with van der Waals surface area (Å²) in [5, 5.41) is 26.0. The van der Waals surface area contributed by atoms with Crippen LogP contribution in [0.2, 0.25) is 0 Å². The number of hydrogen-bond donors (Lipinski definition) is 2. The molecule has 2 heterocycles. The van der Waals surface area contributed by atoms with Gasteiger partial charge in [-0.05, 0) is 18.2 Å². The third-order valence-electron chi connectivity index (χ3n) is 3.15. The van der Waals surface area contributed by atoms with Crippen LogP contribution in [0.3, 0.4) is 0 Å². The monoisotopic (exact) mass is 342 g/mol. The second kappa shape index (κ2) is 6.62. The van der Waals surface area contributed by atoms with Crippen LogP contribution in [-0.4, -0.2) is 25.5 Å². The number of furan rings is 1. The molecule has 0 aliphatic rings. The van der Waals surface area contributed by atoms with Crippen LogP contribution < -0.4 is 5.43 Å². The van der Waals surface area contributed by atoms with Crippen molar-refractivity contribution in [1.29, 1.82) is 0 Å². The number of anilines is 1. The molecule has 126 valence electrons. The second-order valence-electron chi connectivity index (χ2n) is 4.70. The smallest absolute Gasteiger partial charge is 0.301 e. The summed E-state index contributed by atoms with van der Waals surface area (Å²) in [7, 11) is 0. The van der Waals surface area contributed by atoms with Crippen molar-refractivity contribution in [1.82, 2.24) is 9.97 Å². The molecule has 1 aromatic carbocycles. The normalized spacial score (nSPS) is 11.3. The Bertz CT molecular complexity index is 897. The fourth-order valence-electron chi connectivity index (χ4n) is 2.03. The molecule has 2 aromatic heterocycles. The summed E-state index contributed by atoms with van der Waals surface area (Å²) >= 11 is 0. The summed E-state index contributed by atoms with van der Waals surface area (Å²) in [6.45, 7) is 0. The van der Waals surface area contributed by atoms with Crippen LogP contribution in [0.5, 0.6) is 0 Å². The van der Waals surface area contributed by atoms with Crippen molar-refractivity contribution in [2.75, 3.05) is 5.43 Å². The third kappa shape index (κ3) is 3.34. The van der Waals surface area contributed by atoms with Crippen LogP contribution in [0.1, 0.15) is 11.6 Å². The van der Waals surface area contributed by atoms with Crippen molar-refractivity contribution < 1.29 is 14.3 Å². The van der Waals surface area contributed by atoms with Gasteiger partial charge in [0.05, 0.1) is 22.2 Å². The molecule has 0 saturated carbocycles. The number of non-ortho nitro benzene ring substituents is 1. The van der Waals surface area contributed by atoms with E-state index in [1.165, 1.54) is 18.5 Å². The lowest BCUT2D eigenvalue weighted by Gasteiger charge is -2.04. The SMILES string of the molecule is O=[N+]([O-])c1ccc(NN=C(c2ncc[nH]2)c2ccco2)c([N+](=O)[O-])c1. The van der Waals surface area contributed by atoms with Crippen LogP contribution in [0.4, 0.5) is 17.1 Å². The maximum Gasteiger partial charge on any atom is 0.301 e. The first-order chi connectivity index (χ1) is 12.1. The van der Waals surface area contributed by atoms with E-state index in [9.17, 15) is 20.2 Å². The van der Waals surface area contributed by atoms with Gasteiger partial charge in [0, 0.05) is 18.5 Å². The Kier molecular flexibility index (Phi) is 4.20. The molecular formula is C14H10N6O5. The van der Waals surface area contributed by atoms with Crippen LogP contribution >= 0.6 is 0 Å². The number of nitrogens with zero attached hydrogens (tertiary/aromatic N) is 4. The van der Waals surface area contributed by atoms with Crippen molar-refractivity contribution in [3.63, 3.8) is 0 Å². The van der Waals surface area contributed by atoms with Gasteiger partial charge in [-0.1, -0.05) is 0 Å². The average molecular weight is 342 g/mol. The van der Waals surface area contributed by atoms with E-state index in [-0.39, 0.29) is 11.4 Å². The molecule has 2 N–H and O–H groups in total. The Labute approximate surface area is 139 Å². The van der Waals surface area contributed by atoms with Crippen molar-refractivity contribution in [2.24, 2.45) is 5.10 Å². The van der Waals surface area contributed by atoms with Gasteiger partial charge in [0.15, 0.2) is 17.3 Å². The molecule has 0 spiro atoms. The van der Waals surface area contributed by atoms with Crippen LogP contribution in [0, 0.1) is 20.2 Å². The van der Waals surface area contributed by atoms with Gasteiger partial charge in [0.2, 0.25) is 0 Å². The minimum atomic E-state index is -0.732. The molecule has 0 atom stereocenters. The molecule has 0 bridgehead atoms. The third-order valence-corrected chi connectivity index (χ3v) is 3.15. The first-order valence-corrected chi connectivity index (χ1v) is 6.86. The zero-order valence-corrected chi connectivity index (χ0v) is 12.4. The Morgan fingerprint density at radius 2 is 2.08 bits per heavy atom. The number of H-pyrrole nitrogens is 1. The average Bonchev–Trinajstić information content (AvgIpc) is 3.29. The lowest BCUT2D eigenvalue weighted by atomic mass is 10.2. The Hall–Kier alpha value is -4.02. The minimum absolute atomic E-state index is 0.00814. The summed E-state index contributed by atoms with van der Waals surface area (Å²) in [5.74, 6) is 0.763. The molecule has 0 saturated heterocycles. The molecule has 11 heteroatoms. The van der Waals surface area contributed by atoms with E-state index in [1.54, 1.807) is 18.3 Å². The number of hydrogen-bond acceptors (Lipinski definition) is 8. The number of nitrogens with one attached hydrogen (secondary N) is 2. The standard InChI is InChI=1S/C14H10N6O5/c21-19(22)9-3-4-10(11(8-9)20(23)24)17-18-13(12-2-1-7-25-12)14-15-5-6-16-14/h1-8,17H,(H,15,16). The summed E-state index contributed by atoms with van der Waals surface area (Å²) in [5.41, 5.74) is 1.95. The molecular weight excluding hydrogens is 332 g/mol. The summed E-state index contributed by atoms with van der Waals surface area (Å²) < 4.78 is 5.28. The van der Waals surface area contributed by atoms with Gasteiger partial charge < -0.3 is 9.40 Å². The maximum atomic E-state index is 11.2. The van der Waals surface area contributed by atoms with Gasteiger partial charge in [-0.15, -0.1) is 0 Å².